The van der Waals surface area contributed by atoms with E-state index in [1.807, 2.05) is 0 Å². The van der Waals surface area contributed by atoms with Crippen LogP contribution in [0, 0.1) is 0 Å². The Balaban J connectivity index is 0.000000677. The summed E-state index contributed by atoms with van der Waals surface area (Å²) in [6.07, 6.45) is 20.4. The van der Waals surface area contributed by atoms with E-state index in [2.05, 4.69) is 28.1 Å². The summed E-state index contributed by atoms with van der Waals surface area (Å²) in [5.74, 6) is -2.25. The van der Waals surface area contributed by atoms with Crippen LogP contribution < -0.4 is 0 Å². The molecule has 1 aromatic rings. The third-order valence-electron chi connectivity index (χ3n) is 5.54. The van der Waals surface area contributed by atoms with E-state index in [1.54, 1.807) is 0 Å². The van der Waals surface area contributed by atoms with Crippen molar-refractivity contribution in [1.29, 1.82) is 0 Å². The van der Waals surface area contributed by atoms with Gasteiger partial charge in [-0.3, -0.25) is 0 Å². The summed E-state index contributed by atoms with van der Waals surface area (Å²) in [4.78, 5) is 20.8. The van der Waals surface area contributed by atoms with Gasteiger partial charge in [-0.1, -0.05) is 90.0 Å². The first-order chi connectivity index (χ1) is 15.2. The number of carbonyl (C=O) groups is 2. The summed E-state index contributed by atoms with van der Waals surface area (Å²) in [7, 11) is 6.88. The molecule has 5 nitrogen and oxygen atoms in total. The number of benzene rings is 1. The van der Waals surface area contributed by atoms with Crippen LogP contribution in [0.2, 0.25) is 0 Å². The Labute approximate surface area is 196 Å². The summed E-state index contributed by atoms with van der Waals surface area (Å²) < 4.78 is 1.12. The van der Waals surface area contributed by atoms with Gasteiger partial charge in [0.2, 0.25) is 0 Å². The number of aromatic carboxylic acids is 2. The molecule has 2 N–H and O–H groups in total. The topological polar surface area (TPSA) is 74.6 Å². The van der Waals surface area contributed by atoms with Gasteiger partial charge in [0.05, 0.1) is 38.8 Å². The number of unbranched alkanes of at least 4 members (excludes halogenated alkanes) is 13. The smallest absolute Gasteiger partial charge is 0.335 e. The maximum Gasteiger partial charge on any atom is 0.335 e. The third-order valence-corrected chi connectivity index (χ3v) is 5.54. The summed E-state index contributed by atoms with van der Waals surface area (Å²) >= 11 is 0. The molecule has 0 bridgehead atoms. The van der Waals surface area contributed by atoms with Crippen molar-refractivity contribution in [3.05, 3.63) is 35.4 Å². The third kappa shape index (κ3) is 18.9. The molecule has 0 aliphatic carbocycles. The van der Waals surface area contributed by atoms with E-state index in [0.717, 1.165) is 10.5 Å². The van der Waals surface area contributed by atoms with Crippen LogP contribution in [0.15, 0.2) is 24.3 Å². The number of hydrogen-bond acceptors (Lipinski definition) is 2. The van der Waals surface area contributed by atoms with Gasteiger partial charge in [-0.25, -0.2) is 9.59 Å². The number of hydrogen-bond donors (Lipinski definition) is 2. The van der Waals surface area contributed by atoms with Crippen LogP contribution in [-0.4, -0.2) is 54.3 Å². The van der Waals surface area contributed by atoms with Crippen LogP contribution in [0.25, 0.3) is 0 Å². The fourth-order valence-corrected chi connectivity index (χ4v) is 3.57. The second-order valence-electron chi connectivity index (χ2n) is 9.80. The summed E-state index contributed by atoms with van der Waals surface area (Å²) in [5, 5.41) is 17.0. The summed E-state index contributed by atoms with van der Waals surface area (Å²) in [5.41, 5.74) is -0.0372. The highest BCUT2D eigenvalue weighted by molar-refractivity contribution is 5.93. The first kappa shape index (κ1) is 30.1. The minimum atomic E-state index is -1.13. The van der Waals surface area contributed by atoms with E-state index in [-0.39, 0.29) is 11.1 Å². The van der Waals surface area contributed by atoms with Gasteiger partial charge < -0.3 is 14.7 Å². The van der Waals surface area contributed by atoms with E-state index in [9.17, 15) is 9.59 Å². The lowest BCUT2D eigenvalue weighted by Gasteiger charge is -2.23. The van der Waals surface area contributed by atoms with Crippen LogP contribution >= 0.6 is 0 Å². The van der Waals surface area contributed by atoms with Crippen LogP contribution in [-0.2, 0) is 0 Å². The van der Waals surface area contributed by atoms with Crippen molar-refractivity contribution >= 4 is 11.9 Å². The van der Waals surface area contributed by atoms with Crippen molar-refractivity contribution in [1.82, 2.24) is 0 Å². The Morgan fingerprint density at radius 2 is 1.00 bits per heavy atom. The number of nitrogens with zero attached hydrogens (tertiary/aromatic N) is 1. The predicted octanol–water partition coefficient (Wildman–Crippen LogP) is 7.26. The molecule has 0 spiro atoms. The van der Waals surface area contributed by atoms with Crippen LogP contribution in [0.5, 0.6) is 0 Å². The van der Waals surface area contributed by atoms with Gasteiger partial charge in [0.25, 0.3) is 0 Å². The van der Waals surface area contributed by atoms with Crippen LogP contribution in [0.3, 0.4) is 0 Å². The maximum absolute atomic E-state index is 10.4. The van der Waals surface area contributed by atoms with E-state index < -0.39 is 11.9 Å². The number of carboxylic acids is 2. The quantitative estimate of drug-likeness (QED) is 0.193. The van der Waals surface area contributed by atoms with Gasteiger partial charge in [-0.2, -0.15) is 0 Å². The van der Waals surface area contributed by atoms with E-state index in [4.69, 9.17) is 10.2 Å². The Kier molecular flexibility index (Phi) is 17.6. The molecule has 0 aliphatic heterocycles. The molecular formula is C27H48NO4+. The molecule has 0 radical (unpaired) electrons. The molecule has 0 heterocycles. The molecular weight excluding hydrogens is 402 g/mol. The van der Waals surface area contributed by atoms with Crippen molar-refractivity contribution in [2.45, 2.75) is 96.8 Å². The zero-order valence-electron chi connectivity index (χ0n) is 21.1. The molecule has 1 rings (SSSR count). The number of rotatable bonds is 17. The zero-order valence-corrected chi connectivity index (χ0v) is 21.1. The Bertz CT molecular complexity index is 593. The highest BCUT2D eigenvalue weighted by Gasteiger charge is 2.07. The van der Waals surface area contributed by atoms with E-state index >= 15 is 0 Å². The largest absolute Gasteiger partial charge is 0.478 e. The molecule has 0 saturated carbocycles. The molecule has 0 atom stereocenters. The Hall–Kier alpha value is -1.88. The average Bonchev–Trinajstić information content (AvgIpc) is 2.73. The first-order valence-electron chi connectivity index (χ1n) is 12.5. The fraction of sp³-hybridized carbons (Fsp3) is 0.704. The van der Waals surface area contributed by atoms with E-state index in [1.165, 1.54) is 115 Å². The van der Waals surface area contributed by atoms with Gasteiger partial charge in [0.1, 0.15) is 0 Å². The van der Waals surface area contributed by atoms with E-state index in [0.29, 0.717) is 0 Å². The van der Waals surface area contributed by atoms with Crippen molar-refractivity contribution in [2.24, 2.45) is 0 Å². The Morgan fingerprint density at radius 3 is 1.31 bits per heavy atom. The second kappa shape index (κ2) is 18.7. The monoisotopic (exact) mass is 450 g/mol. The lowest BCUT2D eigenvalue weighted by atomic mass is 10.0. The minimum Gasteiger partial charge on any atom is -0.478 e. The molecule has 1 aromatic carbocycles. The molecule has 0 aliphatic rings. The average molecular weight is 451 g/mol. The zero-order chi connectivity index (χ0) is 24.2. The first-order valence-corrected chi connectivity index (χ1v) is 12.5. The standard InChI is InChI=1S/C19H42N.C8H6O4/c1-5-6-7-8-9-10-11-12-13-14-15-16-17-18-19-20(2,3)4;9-7(10)5-2-1-3-6(4-5)8(11)12/h5-19H2,1-4H3;1-4H,(H,9,10)(H,11,12)/q+1;. The lowest BCUT2D eigenvalue weighted by Crippen LogP contribution is -2.35. The summed E-state index contributed by atoms with van der Waals surface area (Å²) in [6.45, 7) is 3.63. The highest BCUT2D eigenvalue weighted by atomic mass is 16.4. The molecule has 0 fully saturated rings. The lowest BCUT2D eigenvalue weighted by molar-refractivity contribution is -0.870. The predicted molar refractivity (Wildman–Crippen MR) is 134 cm³/mol. The van der Waals surface area contributed by atoms with Gasteiger partial charge in [-0.05, 0) is 31.0 Å². The minimum absolute atomic E-state index is 0.0186. The van der Waals surface area contributed by atoms with Gasteiger partial charge in [0.15, 0.2) is 0 Å². The van der Waals surface area contributed by atoms with Crippen molar-refractivity contribution in [2.75, 3.05) is 27.7 Å². The number of quaternary nitrogens is 1. The molecule has 0 amide bonds. The highest BCUT2D eigenvalue weighted by Crippen LogP contribution is 2.13. The van der Waals surface area contributed by atoms with Gasteiger partial charge >= 0.3 is 11.9 Å². The van der Waals surface area contributed by atoms with Crippen molar-refractivity contribution in [3.63, 3.8) is 0 Å². The Morgan fingerprint density at radius 1 is 0.656 bits per heavy atom. The fourth-order valence-electron chi connectivity index (χ4n) is 3.57. The normalized spacial score (nSPS) is 11.0. The molecule has 0 unspecified atom stereocenters. The molecule has 0 aromatic heterocycles. The van der Waals surface area contributed by atoms with Gasteiger partial charge in [-0.15, -0.1) is 0 Å². The molecule has 184 valence electrons. The van der Waals surface area contributed by atoms with Crippen molar-refractivity contribution < 1.29 is 24.3 Å². The van der Waals surface area contributed by atoms with Crippen LogP contribution in [0.4, 0.5) is 0 Å². The molecule has 32 heavy (non-hydrogen) atoms. The van der Waals surface area contributed by atoms with Crippen LogP contribution in [0.1, 0.15) is 118 Å². The second-order valence-corrected chi connectivity index (χ2v) is 9.80. The summed E-state index contributed by atoms with van der Waals surface area (Å²) in [6, 6.07) is 5.20. The molecule has 0 saturated heterocycles. The maximum atomic E-state index is 10.4. The van der Waals surface area contributed by atoms with Crippen molar-refractivity contribution in [3.8, 4) is 0 Å². The molecule has 5 heteroatoms. The van der Waals surface area contributed by atoms with Gasteiger partial charge in [0, 0.05) is 0 Å². The SMILES string of the molecule is CCCCCCCCCCCCCCCC[N+](C)(C)C.O=C(O)c1cccc(C(=O)O)c1. The number of carboxylic acid groups (broad SMARTS) is 2.